The number of Topliss-reactive ketones (excluding diaryl/α,β-unsaturated/α-hetero) is 1. The number of rotatable bonds is 2. The Hall–Kier alpha value is -1.15. The van der Waals surface area contributed by atoms with Crippen LogP contribution in [0.1, 0.15) is 44.1 Å². The van der Waals surface area contributed by atoms with Gasteiger partial charge in [-0.3, -0.25) is 4.79 Å². The molecule has 0 aliphatic heterocycles. The molecule has 2 aliphatic carbocycles. The molecule has 0 aromatic heterocycles. The van der Waals surface area contributed by atoms with Gasteiger partial charge in [-0.1, -0.05) is 67.2 Å². The van der Waals surface area contributed by atoms with E-state index in [0.29, 0.717) is 17.6 Å². The summed E-state index contributed by atoms with van der Waals surface area (Å²) in [6.45, 7) is 7.33. The van der Waals surface area contributed by atoms with Crippen LogP contribution in [0.3, 0.4) is 0 Å². The fourth-order valence-corrected chi connectivity index (χ4v) is 6.82. The van der Waals surface area contributed by atoms with Crippen LogP contribution in [0, 0.1) is 11.8 Å². The lowest BCUT2D eigenvalue weighted by Crippen LogP contribution is -2.24. The summed E-state index contributed by atoms with van der Waals surface area (Å²) >= 11 is 0. The Kier molecular flexibility index (Phi) is 4.40. The summed E-state index contributed by atoms with van der Waals surface area (Å²) in [6.07, 6.45) is 6.65. The SMILES string of the molecule is C[Si](C)(C)/C(=C1\CC2CCCCC(=O)C2C1)c1ccccc1. The van der Waals surface area contributed by atoms with Crippen molar-refractivity contribution < 1.29 is 4.79 Å². The molecule has 2 saturated carbocycles. The van der Waals surface area contributed by atoms with Crippen molar-refractivity contribution in [2.45, 2.75) is 58.2 Å². The number of carbonyl (C=O) groups excluding carboxylic acids is 1. The Balaban J connectivity index is 2.01. The average Bonchev–Trinajstić information content (AvgIpc) is 2.79. The lowest BCUT2D eigenvalue weighted by molar-refractivity contribution is -0.123. The predicted octanol–water partition coefficient (Wildman–Crippen LogP) is 5.49. The highest BCUT2D eigenvalue weighted by Gasteiger charge is 2.39. The summed E-state index contributed by atoms with van der Waals surface area (Å²) in [5, 5.41) is 1.62. The monoisotopic (exact) mass is 312 g/mol. The Bertz CT molecular complexity index is 579. The van der Waals surface area contributed by atoms with Crippen molar-refractivity contribution >= 4 is 19.1 Å². The number of allylic oxidation sites excluding steroid dienone is 1. The summed E-state index contributed by atoms with van der Waals surface area (Å²) in [5.74, 6) is 1.49. The van der Waals surface area contributed by atoms with Crippen LogP contribution >= 0.6 is 0 Å². The molecular formula is C20H28OSi. The number of ketones is 1. The molecule has 1 aromatic carbocycles. The van der Waals surface area contributed by atoms with E-state index in [1.807, 2.05) is 0 Å². The van der Waals surface area contributed by atoms with Gasteiger partial charge in [0, 0.05) is 12.3 Å². The molecule has 0 heterocycles. The van der Waals surface area contributed by atoms with Gasteiger partial charge in [0.15, 0.2) is 0 Å². The molecule has 0 spiro atoms. The van der Waals surface area contributed by atoms with Crippen LogP contribution in [0.5, 0.6) is 0 Å². The summed E-state index contributed by atoms with van der Waals surface area (Å²) in [6, 6.07) is 10.9. The van der Waals surface area contributed by atoms with E-state index >= 15 is 0 Å². The summed E-state index contributed by atoms with van der Waals surface area (Å²) in [5.41, 5.74) is 3.01. The second-order valence-corrected chi connectivity index (χ2v) is 13.1. The molecule has 0 bridgehead atoms. The summed E-state index contributed by atoms with van der Waals surface area (Å²) in [7, 11) is -1.42. The van der Waals surface area contributed by atoms with E-state index in [1.165, 1.54) is 24.8 Å². The van der Waals surface area contributed by atoms with E-state index in [0.717, 1.165) is 19.3 Å². The normalized spacial score (nSPS) is 28.2. The van der Waals surface area contributed by atoms with E-state index in [2.05, 4.69) is 50.0 Å². The third-order valence-electron chi connectivity index (χ3n) is 5.37. The number of hydrogen-bond acceptors (Lipinski definition) is 1. The zero-order valence-corrected chi connectivity index (χ0v) is 15.2. The first-order valence-electron chi connectivity index (χ1n) is 8.77. The minimum absolute atomic E-state index is 0.326. The van der Waals surface area contributed by atoms with E-state index in [1.54, 1.807) is 10.8 Å². The Morgan fingerprint density at radius 2 is 1.77 bits per heavy atom. The van der Waals surface area contributed by atoms with Crippen molar-refractivity contribution in [3.05, 3.63) is 41.5 Å². The summed E-state index contributed by atoms with van der Waals surface area (Å²) < 4.78 is 0. The maximum absolute atomic E-state index is 12.4. The van der Waals surface area contributed by atoms with Gasteiger partial charge in [0.1, 0.15) is 5.78 Å². The minimum atomic E-state index is -1.42. The number of fused-ring (bicyclic) bond motifs is 1. The fraction of sp³-hybridized carbons (Fsp3) is 0.550. The predicted molar refractivity (Wildman–Crippen MR) is 96.4 cm³/mol. The fourth-order valence-electron chi connectivity index (χ4n) is 4.52. The average molecular weight is 313 g/mol. The first-order valence-corrected chi connectivity index (χ1v) is 12.3. The molecule has 2 atom stereocenters. The third-order valence-corrected chi connectivity index (χ3v) is 7.51. The van der Waals surface area contributed by atoms with Crippen molar-refractivity contribution in [1.82, 2.24) is 0 Å². The molecule has 0 radical (unpaired) electrons. The van der Waals surface area contributed by atoms with Gasteiger partial charge in [0.2, 0.25) is 0 Å². The maximum atomic E-state index is 12.4. The number of hydrogen-bond donors (Lipinski definition) is 0. The molecule has 22 heavy (non-hydrogen) atoms. The van der Waals surface area contributed by atoms with Gasteiger partial charge in [0.25, 0.3) is 0 Å². The lowest BCUT2D eigenvalue weighted by atomic mass is 9.91. The lowest BCUT2D eigenvalue weighted by Gasteiger charge is -2.25. The van der Waals surface area contributed by atoms with Crippen LogP contribution in [-0.2, 0) is 4.79 Å². The Labute approximate surface area is 135 Å². The topological polar surface area (TPSA) is 17.1 Å². The molecule has 0 amide bonds. The maximum Gasteiger partial charge on any atom is 0.136 e. The van der Waals surface area contributed by atoms with Crippen LogP contribution in [0.4, 0.5) is 0 Å². The highest BCUT2D eigenvalue weighted by atomic mass is 28.3. The zero-order valence-electron chi connectivity index (χ0n) is 14.2. The zero-order chi connectivity index (χ0) is 15.7. The van der Waals surface area contributed by atoms with Crippen LogP contribution in [-0.4, -0.2) is 13.9 Å². The molecular weight excluding hydrogens is 284 g/mol. The quantitative estimate of drug-likeness (QED) is 0.660. The van der Waals surface area contributed by atoms with Crippen molar-refractivity contribution in [2.75, 3.05) is 0 Å². The van der Waals surface area contributed by atoms with Crippen LogP contribution < -0.4 is 0 Å². The first kappa shape index (κ1) is 15.7. The van der Waals surface area contributed by atoms with Crippen LogP contribution in [0.15, 0.2) is 35.9 Å². The molecule has 2 fully saturated rings. The van der Waals surface area contributed by atoms with E-state index in [4.69, 9.17) is 0 Å². The Morgan fingerprint density at radius 1 is 1.05 bits per heavy atom. The van der Waals surface area contributed by atoms with Crippen molar-refractivity contribution in [3.63, 3.8) is 0 Å². The largest absolute Gasteiger partial charge is 0.299 e. The standard InChI is InChI=1S/C20H28OSi/c1-22(2,3)20(15-9-5-4-6-10-15)17-13-16-11-7-8-12-19(21)18(16)14-17/h4-6,9-10,16,18H,7-8,11-14H2,1-3H3/b20-17+. The van der Waals surface area contributed by atoms with Gasteiger partial charge in [0.05, 0.1) is 8.07 Å². The van der Waals surface area contributed by atoms with Crippen LogP contribution in [0.2, 0.25) is 19.6 Å². The van der Waals surface area contributed by atoms with Gasteiger partial charge in [-0.15, -0.1) is 0 Å². The minimum Gasteiger partial charge on any atom is -0.299 e. The van der Waals surface area contributed by atoms with Gasteiger partial charge >= 0.3 is 0 Å². The molecule has 2 unspecified atom stereocenters. The van der Waals surface area contributed by atoms with E-state index in [9.17, 15) is 4.79 Å². The van der Waals surface area contributed by atoms with E-state index < -0.39 is 8.07 Å². The number of carbonyl (C=O) groups is 1. The molecule has 1 nitrogen and oxygen atoms in total. The summed E-state index contributed by atoms with van der Waals surface area (Å²) in [4.78, 5) is 12.4. The van der Waals surface area contributed by atoms with Crippen molar-refractivity contribution in [2.24, 2.45) is 11.8 Å². The highest BCUT2D eigenvalue weighted by Crippen LogP contribution is 2.46. The second-order valence-electron chi connectivity index (χ2n) is 8.08. The number of benzene rings is 1. The van der Waals surface area contributed by atoms with Crippen molar-refractivity contribution in [3.8, 4) is 0 Å². The molecule has 0 N–H and O–H groups in total. The van der Waals surface area contributed by atoms with Crippen LogP contribution in [0.25, 0.3) is 5.20 Å². The highest BCUT2D eigenvalue weighted by molar-refractivity contribution is 6.93. The molecule has 2 heteroatoms. The molecule has 2 aliphatic rings. The molecule has 0 saturated heterocycles. The van der Waals surface area contributed by atoms with Gasteiger partial charge in [-0.05, 0) is 37.2 Å². The van der Waals surface area contributed by atoms with Gasteiger partial charge in [-0.2, -0.15) is 0 Å². The second kappa shape index (κ2) is 6.15. The van der Waals surface area contributed by atoms with Gasteiger partial charge in [-0.25, -0.2) is 0 Å². The smallest absolute Gasteiger partial charge is 0.136 e. The Morgan fingerprint density at radius 3 is 2.45 bits per heavy atom. The molecule has 3 rings (SSSR count). The first-order chi connectivity index (χ1) is 10.5. The van der Waals surface area contributed by atoms with E-state index in [-0.39, 0.29) is 0 Å². The van der Waals surface area contributed by atoms with Crippen molar-refractivity contribution in [1.29, 1.82) is 0 Å². The third kappa shape index (κ3) is 3.12. The van der Waals surface area contributed by atoms with Gasteiger partial charge < -0.3 is 0 Å². The molecule has 1 aromatic rings. The molecule has 118 valence electrons.